The first-order valence-electron chi connectivity index (χ1n) is 7.28. The Morgan fingerprint density at radius 3 is 2.75 bits per heavy atom. The second-order valence-electron chi connectivity index (χ2n) is 5.41. The zero-order valence-corrected chi connectivity index (χ0v) is 14.3. The Kier molecular flexibility index (Phi) is 4.78. The lowest BCUT2D eigenvalue weighted by Crippen LogP contribution is -2.33. The second kappa shape index (κ2) is 6.83. The van der Waals surface area contributed by atoms with E-state index < -0.39 is 5.97 Å². The molecule has 0 spiro atoms. The highest BCUT2D eigenvalue weighted by atomic mass is 35.5. The molecule has 2 aromatic rings. The van der Waals surface area contributed by atoms with Gasteiger partial charge in [0, 0.05) is 11.1 Å². The van der Waals surface area contributed by atoms with Crippen molar-refractivity contribution < 1.29 is 18.7 Å². The van der Waals surface area contributed by atoms with Crippen molar-refractivity contribution in [2.75, 3.05) is 7.11 Å². The molecule has 1 heterocycles. The lowest BCUT2D eigenvalue weighted by molar-refractivity contribution is 0.0594. The maximum absolute atomic E-state index is 12.8. The van der Waals surface area contributed by atoms with Crippen LogP contribution in [0.4, 0.5) is 0 Å². The third-order valence-electron chi connectivity index (χ3n) is 3.66. The van der Waals surface area contributed by atoms with E-state index in [0.29, 0.717) is 15.6 Å². The van der Waals surface area contributed by atoms with Crippen LogP contribution in [0.3, 0.4) is 0 Å². The molecule has 0 aliphatic heterocycles. The summed E-state index contributed by atoms with van der Waals surface area (Å²) in [6.07, 6.45) is 3.02. The summed E-state index contributed by atoms with van der Waals surface area (Å²) < 4.78 is 9.86. The summed E-state index contributed by atoms with van der Waals surface area (Å²) in [5.41, 5.74) is 0.438. The number of hydrogen-bond donors (Lipinski definition) is 0. The van der Waals surface area contributed by atoms with Crippen LogP contribution in [-0.4, -0.2) is 34.9 Å². The van der Waals surface area contributed by atoms with Crippen LogP contribution in [0.25, 0.3) is 0 Å². The topological polar surface area (TPSA) is 72.6 Å². The minimum absolute atomic E-state index is 0.0696. The van der Waals surface area contributed by atoms with Gasteiger partial charge in [0.1, 0.15) is 6.26 Å². The van der Waals surface area contributed by atoms with Gasteiger partial charge in [0.15, 0.2) is 5.69 Å². The maximum atomic E-state index is 12.8. The van der Waals surface area contributed by atoms with Gasteiger partial charge in [0.2, 0.25) is 5.89 Å². The number of carbonyl (C=O) groups is 2. The fourth-order valence-electron chi connectivity index (χ4n) is 2.30. The Labute approximate surface area is 148 Å². The monoisotopic (exact) mass is 368 g/mol. The Morgan fingerprint density at radius 2 is 2.12 bits per heavy atom. The zero-order valence-electron chi connectivity index (χ0n) is 12.8. The Hall–Kier alpha value is -2.05. The number of benzene rings is 1. The van der Waals surface area contributed by atoms with Crippen LogP contribution in [0.2, 0.25) is 10.0 Å². The van der Waals surface area contributed by atoms with Gasteiger partial charge in [0.25, 0.3) is 5.91 Å². The Morgan fingerprint density at radius 1 is 1.38 bits per heavy atom. The molecule has 0 N–H and O–H groups in total. The van der Waals surface area contributed by atoms with E-state index in [-0.39, 0.29) is 30.1 Å². The van der Waals surface area contributed by atoms with Crippen LogP contribution in [0.1, 0.15) is 39.6 Å². The first-order valence-corrected chi connectivity index (χ1v) is 8.04. The third-order valence-corrected chi connectivity index (χ3v) is 4.21. The molecule has 3 rings (SSSR count). The molecular formula is C16H14Cl2N2O4. The summed E-state index contributed by atoms with van der Waals surface area (Å²) in [5.74, 6) is -0.548. The standard InChI is InChI=1S/C16H14Cl2N2O4/c1-23-16(22)13-8-24-14(19-13)7-20(10-3-4-10)15(21)11-5-2-9(17)6-12(11)18/h2,5-6,8,10H,3-4,7H2,1H3. The van der Waals surface area contributed by atoms with Gasteiger partial charge in [-0.25, -0.2) is 9.78 Å². The molecule has 0 radical (unpaired) electrons. The van der Waals surface area contributed by atoms with Crippen LogP contribution in [-0.2, 0) is 11.3 Å². The Balaban J connectivity index is 1.81. The molecule has 1 amide bonds. The summed E-state index contributed by atoms with van der Waals surface area (Å²) in [6.45, 7) is 0.152. The van der Waals surface area contributed by atoms with Gasteiger partial charge in [-0.15, -0.1) is 0 Å². The number of aromatic nitrogens is 1. The Bertz CT molecular complexity index is 786. The maximum Gasteiger partial charge on any atom is 0.360 e. The molecule has 0 bridgehead atoms. The van der Waals surface area contributed by atoms with Gasteiger partial charge >= 0.3 is 5.97 Å². The molecular weight excluding hydrogens is 355 g/mol. The molecule has 1 fully saturated rings. The summed E-state index contributed by atoms with van der Waals surface area (Å²) in [4.78, 5) is 29.9. The van der Waals surface area contributed by atoms with E-state index in [2.05, 4.69) is 9.72 Å². The van der Waals surface area contributed by atoms with Crippen molar-refractivity contribution >= 4 is 35.1 Å². The van der Waals surface area contributed by atoms with E-state index in [1.54, 1.807) is 17.0 Å². The number of esters is 1. The summed E-state index contributed by atoms with van der Waals surface area (Å²) in [5, 5.41) is 0.755. The van der Waals surface area contributed by atoms with Crippen LogP contribution in [0.5, 0.6) is 0 Å². The van der Waals surface area contributed by atoms with E-state index in [9.17, 15) is 9.59 Å². The largest absolute Gasteiger partial charge is 0.464 e. The third kappa shape index (κ3) is 3.55. The average molecular weight is 369 g/mol. The zero-order chi connectivity index (χ0) is 17.3. The quantitative estimate of drug-likeness (QED) is 0.754. The summed E-state index contributed by atoms with van der Waals surface area (Å²) in [7, 11) is 1.26. The molecule has 8 heteroatoms. The predicted molar refractivity (Wildman–Crippen MR) is 87.2 cm³/mol. The molecule has 1 saturated carbocycles. The minimum atomic E-state index is -0.588. The van der Waals surface area contributed by atoms with E-state index in [1.807, 2.05) is 0 Å². The van der Waals surface area contributed by atoms with Crippen LogP contribution in [0, 0.1) is 0 Å². The van der Waals surface area contributed by atoms with E-state index >= 15 is 0 Å². The van der Waals surface area contributed by atoms with E-state index in [1.165, 1.54) is 19.4 Å². The summed E-state index contributed by atoms with van der Waals surface area (Å²) >= 11 is 12.0. The number of methoxy groups -OCH3 is 1. The van der Waals surface area contributed by atoms with Gasteiger partial charge in [-0.2, -0.15) is 0 Å². The van der Waals surface area contributed by atoms with Gasteiger partial charge in [-0.1, -0.05) is 23.2 Å². The lowest BCUT2D eigenvalue weighted by Gasteiger charge is -2.21. The van der Waals surface area contributed by atoms with Crippen molar-refractivity contribution in [2.45, 2.75) is 25.4 Å². The number of amides is 1. The van der Waals surface area contributed by atoms with Gasteiger partial charge < -0.3 is 14.1 Å². The first-order chi connectivity index (χ1) is 11.5. The van der Waals surface area contributed by atoms with E-state index in [4.69, 9.17) is 27.6 Å². The highest BCUT2D eigenvalue weighted by Gasteiger charge is 2.35. The van der Waals surface area contributed by atoms with Crippen molar-refractivity contribution in [2.24, 2.45) is 0 Å². The molecule has 24 heavy (non-hydrogen) atoms. The van der Waals surface area contributed by atoms with Crippen molar-refractivity contribution in [1.29, 1.82) is 0 Å². The molecule has 126 valence electrons. The molecule has 1 aromatic carbocycles. The number of carbonyl (C=O) groups excluding carboxylic acids is 2. The number of oxazole rings is 1. The van der Waals surface area contributed by atoms with Crippen molar-refractivity contribution in [3.05, 3.63) is 51.7 Å². The van der Waals surface area contributed by atoms with Crippen molar-refractivity contribution in [3.63, 3.8) is 0 Å². The number of rotatable bonds is 5. The minimum Gasteiger partial charge on any atom is -0.464 e. The second-order valence-corrected chi connectivity index (χ2v) is 6.25. The number of halogens is 2. The highest BCUT2D eigenvalue weighted by Crippen LogP contribution is 2.31. The molecule has 0 unspecified atom stereocenters. The molecule has 1 aromatic heterocycles. The van der Waals surface area contributed by atoms with Crippen molar-refractivity contribution in [3.8, 4) is 0 Å². The number of ether oxygens (including phenoxy) is 1. The fourth-order valence-corrected chi connectivity index (χ4v) is 2.79. The lowest BCUT2D eigenvalue weighted by atomic mass is 10.2. The smallest absolute Gasteiger partial charge is 0.360 e. The fraction of sp³-hybridized carbons (Fsp3) is 0.312. The average Bonchev–Trinajstić information content (AvgIpc) is 3.29. The molecule has 0 saturated heterocycles. The van der Waals surface area contributed by atoms with Gasteiger partial charge in [-0.05, 0) is 31.0 Å². The van der Waals surface area contributed by atoms with Crippen LogP contribution >= 0.6 is 23.2 Å². The van der Waals surface area contributed by atoms with Crippen LogP contribution < -0.4 is 0 Å². The van der Waals surface area contributed by atoms with E-state index in [0.717, 1.165) is 12.8 Å². The first kappa shape index (κ1) is 16.8. The van der Waals surface area contributed by atoms with Crippen molar-refractivity contribution in [1.82, 2.24) is 9.88 Å². The molecule has 1 aliphatic carbocycles. The molecule has 1 aliphatic rings. The SMILES string of the molecule is COC(=O)c1coc(CN(C(=O)c2ccc(Cl)cc2Cl)C2CC2)n1. The highest BCUT2D eigenvalue weighted by molar-refractivity contribution is 6.36. The molecule has 0 atom stereocenters. The normalized spacial score (nSPS) is 13.6. The van der Waals surface area contributed by atoms with Gasteiger partial charge in [-0.3, -0.25) is 4.79 Å². The molecule has 6 nitrogen and oxygen atoms in total. The van der Waals surface area contributed by atoms with Crippen LogP contribution in [0.15, 0.2) is 28.9 Å². The predicted octanol–water partition coefficient (Wildman–Crippen LogP) is 3.57. The number of hydrogen-bond acceptors (Lipinski definition) is 5. The number of nitrogens with zero attached hydrogens (tertiary/aromatic N) is 2. The van der Waals surface area contributed by atoms with Gasteiger partial charge in [0.05, 0.1) is 24.2 Å². The summed E-state index contributed by atoms with van der Waals surface area (Å²) in [6, 6.07) is 4.85.